The Morgan fingerprint density at radius 1 is 1.50 bits per heavy atom. The molecular formula is C12H10BrNO2. The van der Waals surface area contributed by atoms with Crippen LogP contribution in [-0.4, -0.2) is 11.3 Å². The number of hydrogen-bond acceptors (Lipinski definition) is 3. The molecule has 3 nitrogen and oxygen atoms in total. The lowest BCUT2D eigenvalue weighted by molar-refractivity contribution is 0.109. The molecule has 0 fully saturated rings. The Kier molecular flexibility index (Phi) is 3.19. The van der Waals surface area contributed by atoms with Gasteiger partial charge in [-0.05, 0) is 12.1 Å². The summed E-state index contributed by atoms with van der Waals surface area (Å²) in [6.45, 7) is 1.97. The Balaban J connectivity index is 2.54. The Morgan fingerprint density at radius 2 is 2.31 bits per heavy atom. The molecule has 1 heterocycles. The standard InChI is InChI=1S/C12H10BrNO2/c1-2-10-12(14-11(7-15)16-10)8-4-3-5-9(13)6-8/h3-7H,2H2,1H3. The number of carbonyl (C=O) groups is 1. The summed E-state index contributed by atoms with van der Waals surface area (Å²) in [7, 11) is 0. The van der Waals surface area contributed by atoms with E-state index in [0.29, 0.717) is 12.7 Å². The first-order valence-electron chi connectivity index (χ1n) is 4.95. The molecule has 0 amide bonds. The van der Waals surface area contributed by atoms with Gasteiger partial charge >= 0.3 is 0 Å². The molecule has 1 aromatic heterocycles. The fraction of sp³-hybridized carbons (Fsp3) is 0.167. The summed E-state index contributed by atoms with van der Waals surface area (Å²) in [6, 6.07) is 7.76. The van der Waals surface area contributed by atoms with Crippen molar-refractivity contribution < 1.29 is 9.21 Å². The van der Waals surface area contributed by atoms with Crippen LogP contribution in [-0.2, 0) is 6.42 Å². The molecule has 82 valence electrons. The SMILES string of the molecule is CCc1oc(C=O)nc1-c1cccc(Br)c1. The minimum atomic E-state index is 0.131. The summed E-state index contributed by atoms with van der Waals surface area (Å²) in [5.41, 5.74) is 1.69. The molecule has 0 saturated heterocycles. The van der Waals surface area contributed by atoms with E-state index >= 15 is 0 Å². The first kappa shape index (κ1) is 11.1. The van der Waals surface area contributed by atoms with Crippen LogP contribution >= 0.6 is 15.9 Å². The van der Waals surface area contributed by atoms with Crippen molar-refractivity contribution in [2.45, 2.75) is 13.3 Å². The molecule has 0 aliphatic rings. The van der Waals surface area contributed by atoms with Crippen LogP contribution < -0.4 is 0 Å². The van der Waals surface area contributed by atoms with Crippen molar-refractivity contribution in [3.63, 3.8) is 0 Å². The molecule has 0 aliphatic heterocycles. The highest BCUT2D eigenvalue weighted by molar-refractivity contribution is 9.10. The van der Waals surface area contributed by atoms with Crippen molar-refractivity contribution in [3.05, 3.63) is 40.4 Å². The van der Waals surface area contributed by atoms with E-state index < -0.39 is 0 Å². The predicted molar refractivity (Wildman–Crippen MR) is 64.4 cm³/mol. The smallest absolute Gasteiger partial charge is 0.260 e. The van der Waals surface area contributed by atoms with Gasteiger partial charge in [-0.1, -0.05) is 35.0 Å². The Hall–Kier alpha value is -1.42. The monoisotopic (exact) mass is 279 g/mol. The van der Waals surface area contributed by atoms with Crippen LogP contribution in [0.1, 0.15) is 23.4 Å². The van der Waals surface area contributed by atoms with E-state index in [-0.39, 0.29) is 5.89 Å². The second-order valence-corrected chi connectivity index (χ2v) is 4.22. The maximum Gasteiger partial charge on any atom is 0.260 e. The highest BCUT2D eigenvalue weighted by atomic mass is 79.9. The van der Waals surface area contributed by atoms with Crippen LogP contribution in [0.4, 0.5) is 0 Å². The van der Waals surface area contributed by atoms with Crippen LogP contribution in [0, 0.1) is 0 Å². The first-order chi connectivity index (χ1) is 7.74. The van der Waals surface area contributed by atoms with Gasteiger partial charge in [0, 0.05) is 16.5 Å². The Labute approximate surface area is 102 Å². The number of oxazole rings is 1. The van der Waals surface area contributed by atoms with E-state index in [1.54, 1.807) is 0 Å². The highest BCUT2D eigenvalue weighted by Gasteiger charge is 2.13. The lowest BCUT2D eigenvalue weighted by Crippen LogP contribution is -1.84. The summed E-state index contributed by atoms with van der Waals surface area (Å²) in [6.07, 6.45) is 1.34. The third-order valence-corrected chi connectivity index (χ3v) is 2.73. The number of hydrogen-bond donors (Lipinski definition) is 0. The maximum atomic E-state index is 10.6. The predicted octanol–water partition coefficient (Wildman–Crippen LogP) is 3.48. The van der Waals surface area contributed by atoms with E-state index in [9.17, 15) is 4.79 Å². The van der Waals surface area contributed by atoms with Crippen molar-refractivity contribution in [2.24, 2.45) is 0 Å². The summed E-state index contributed by atoms with van der Waals surface area (Å²) in [5, 5.41) is 0. The van der Waals surface area contributed by atoms with E-state index in [1.807, 2.05) is 31.2 Å². The largest absolute Gasteiger partial charge is 0.438 e. The summed E-state index contributed by atoms with van der Waals surface area (Å²) in [4.78, 5) is 14.8. The van der Waals surface area contributed by atoms with Gasteiger partial charge < -0.3 is 4.42 Å². The molecule has 0 N–H and O–H groups in total. The zero-order valence-corrected chi connectivity index (χ0v) is 10.3. The molecule has 0 spiro atoms. The van der Waals surface area contributed by atoms with Gasteiger partial charge in [0.05, 0.1) is 0 Å². The second kappa shape index (κ2) is 4.61. The van der Waals surface area contributed by atoms with Crippen molar-refractivity contribution in [3.8, 4) is 11.3 Å². The van der Waals surface area contributed by atoms with E-state index in [2.05, 4.69) is 20.9 Å². The zero-order valence-electron chi connectivity index (χ0n) is 8.74. The number of carbonyl (C=O) groups excluding carboxylic acids is 1. The Morgan fingerprint density at radius 3 is 2.94 bits per heavy atom. The Bertz CT molecular complexity index is 519. The number of rotatable bonds is 3. The van der Waals surface area contributed by atoms with Crippen molar-refractivity contribution >= 4 is 22.2 Å². The fourth-order valence-corrected chi connectivity index (χ4v) is 1.92. The van der Waals surface area contributed by atoms with Crippen molar-refractivity contribution in [2.75, 3.05) is 0 Å². The van der Waals surface area contributed by atoms with Gasteiger partial charge in [0.2, 0.25) is 6.29 Å². The first-order valence-corrected chi connectivity index (χ1v) is 5.74. The maximum absolute atomic E-state index is 10.6. The van der Waals surface area contributed by atoms with Gasteiger partial charge in [-0.25, -0.2) is 4.98 Å². The third kappa shape index (κ3) is 2.07. The van der Waals surface area contributed by atoms with Crippen LogP contribution in [0.15, 0.2) is 33.2 Å². The van der Waals surface area contributed by atoms with Crippen LogP contribution in [0.3, 0.4) is 0 Å². The lowest BCUT2D eigenvalue weighted by Gasteiger charge is -1.99. The number of halogens is 1. The zero-order chi connectivity index (χ0) is 11.5. The molecule has 16 heavy (non-hydrogen) atoms. The summed E-state index contributed by atoms with van der Waals surface area (Å²) in [5.74, 6) is 0.868. The summed E-state index contributed by atoms with van der Waals surface area (Å²) < 4.78 is 6.29. The number of aromatic nitrogens is 1. The quantitative estimate of drug-likeness (QED) is 0.808. The average molecular weight is 280 g/mol. The van der Waals surface area contributed by atoms with Crippen LogP contribution in [0.25, 0.3) is 11.3 Å². The highest BCUT2D eigenvalue weighted by Crippen LogP contribution is 2.26. The number of aryl methyl sites for hydroxylation is 1. The third-order valence-electron chi connectivity index (χ3n) is 2.23. The molecule has 2 aromatic rings. The normalized spacial score (nSPS) is 10.4. The molecule has 0 unspecified atom stereocenters. The van der Waals surface area contributed by atoms with Crippen molar-refractivity contribution in [1.82, 2.24) is 4.98 Å². The van der Waals surface area contributed by atoms with Crippen LogP contribution in [0.5, 0.6) is 0 Å². The van der Waals surface area contributed by atoms with Gasteiger partial charge in [-0.3, -0.25) is 4.79 Å². The number of aldehydes is 1. The van der Waals surface area contributed by atoms with Gasteiger partial charge in [-0.15, -0.1) is 0 Å². The molecule has 0 saturated carbocycles. The van der Waals surface area contributed by atoms with Crippen LogP contribution in [0.2, 0.25) is 0 Å². The molecule has 4 heteroatoms. The van der Waals surface area contributed by atoms with Gasteiger partial charge in [-0.2, -0.15) is 0 Å². The molecule has 2 rings (SSSR count). The minimum absolute atomic E-state index is 0.131. The number of nitrogens with zero attached hydrogens (tertiary/aromatic N) is 1. The fourth-order valence-electron chi connectivity index (χ4n) is 1.52. The minimum Gasteiger partial charge on any atom is -0.438 e. The summed E-state index contributed by atoms with van der Waals surface area (Å²) >= 11 is 3.40. The molecule has 0 atom stereocenters. The van der Waals surface area contributed by atoms with Gasteiger partial charge in [0.25, 0.3) is 5.89 Å². The van der Waals surface area contributed by atoms with E-state index in [1.165, 1.54) is 0 Å². The molecule has 1 aromatic carbocycles. The molecule has 0 radical (unpaired) electrons. The van der Waals surface area contributed by atoms with E-state index in [0.717, 1.165) is 21.5 Å². The van der Waals surface area contributed by atoms with Gasteiger partial charge in [0.15, 0.2) is 0 Å². The lowest BCUT2D eigenvalue weighted by atomic mass is 10.1. The van der Waals surface area contributed by atoms with Crippen molar-refractivity contribution in [1.29, 1.82) is 0 Å². The molecular weight excluding hydrogens is 270 g/mol. The number of benzene rings is 1. The molecule has 0 aliphatic carbocycles. The average Bonchev–Trinajstić information content (AvgIpc) is 2.72. The molecule has 0 bridgehead atoms. The van der Waals surface area contributed by atoms with E-state index in [4.69, 9.17) is 4.42 Å². The topological polar surface area (TPSA) is 43.1 Å². The van der Waals surface area contributed by atoms with Gasteiger partial charge in [0.1, 0.15) is 11.5 Å². The second-order valence-electron chi connectivity index (χ2n) is 3.31.